The number of amides is 1. The van der Waals surface area contributed by atoms with Crippen LogP contribution in [0.25, 0.3) is 0 Å². The van der Waals surface area contributed by atoms with E-state index in [2.05, 4.69) is 52.9 Å². The summed E-state index contributed by atoms with van der Waals surface area (Å²) in [6.07, 6.45) is 13.0. The number of anilines is 1. The molecule has 150 valence electrons. The topological polar surface area (TPSA) is 20.3 Å². The molecule has 1 unspecified atom stereocenters. The number of benzene rings is 1. The molecule has 2 nitrogen and oxygen atoms in total. The Morgan fingerprint density at radius 3 is 2.70 bits per heavy atom. The van der Waals surface area contributed by atoms with Crippen LogP contribution in [-0.4, -0.2) is 17.3 Å². The molecule has 1 fully saturated rings. The van der Waals surface area contributed by atoms with E-state index in [1.165, 1.54) is 55.3 Å². The maximum atomic E-state index is 12.9. The van der Waals surface area contributed by atoms with Gasteiger partial charge < -0.3 is 4.90 Å². The Hall–Kier alpha value is -0.830. The number of hydrogen-bond acceptors (Lipinski definition) is 1. The van der Waals surface area contributed by atoms with Crippen molar-refractivity contribution < 1.29 is 4.79 Å². The Labute approximate surface area is 174 Å². The van der Waals surface area contributed by atoms with Crippen LogP contribution >= 0.6 is 15.9 Å². The lowest BCUT2D eigenvalue weighted by molar-refractivity contribution is -0.119. The largest absolute Gasteiger partial charge is 0.312 e. The van der Waals surface area contributed by atoms with Crippen molar-refractivity contribution in [3.05, 3.63) is 29.3 Å². The zero-order chi connectivity index (χ0) is 19.2. The standard InChI is InChI=1S/C24H36BrNO/c1-18(2)15-22(25)17-20-10-12-23-21(16-20)9-6-14-26(23)24(27)13-11-19-7-4-3-5-8-19/h10,12,16,18-19,22H,3-9,11,13-15,17H2,1-2H3. The predicted molar refractivity (Wildman–Crippen MR) is 119 cm³/mol. The van der Waals surface area contributed by atoms with Gasteiger partial charge >= 0.3 is 0 Å². The van der Waals surface area contributed by atoms with Crippen LogP contribution in [0.15, 0.2) is 18.2 Å². The molecule has 27 heavy (non-hydrogen) atoms. The van der Waals surface area contributed by atoms with Crippen molar-refractivity contribution in [1.82, 2.24) is 0 Å². The summed E-state index contributed by atoms with van der Waals surface area (Å²) in [5, 5.41) is 0. The van der Waals surface area contributed by atoms with Crippen LogP contribution in [0.3, 0.4) is 0 Å². The van der Waals surface area contributed by atoms with Gasteiger partial charge in [0.2, 0.25) is 5.91 Å². The Bertz CT molecular complexity index is 621. The number of aryl methyl sites for hydroxylation is 1. The van der Waals surface area contributed by atoms with E-state index in [1.54, 1.807) is 0 Å². The summed E-state index contributed by atoms with van der Waals surface area (Å²) < 4.78 is 0. The maximum absolute atomic E-state index is 12.9. The summed E-state index contributed by atoms with van der Waals surface area (Å²) in [7, 11) is 0. The van der Waals surface area contributed by atoms with Crippen molar-refractivity contribution in [3.63, 3.8) is 0 Å². The molecule has 1 aromatic rings. The van der Waals surface area contributed by atoms with Crippen molar-refractivity contribution in [3.8, 4) is 0 Å². The highest BCUT2D eigenvalue weighted by Gasteiger charge is 2.24. The molecule has 3 rings (SSSR count). The Morgan fingerprint density at radius 1 is 1.19 bits per heavy atom. The predicted octanol–water partition coefficient (Wildman–Crippen LogP) is 6.68. The summed E-state index contributed by atoms with van der Waals surface area (Å²) >= 11 is 3.84. The molecule has 1 saturated carbocycles. The Morgan fingerprint density at radius 2 is 1.96 bits per heavy atom. The number of carbonyl (C=O) groups excluding carboxylic acids is 1. The van der Waals surface area contributed by atoms with E-state index in [9.17, 15) is 4.79 Å². The third-order valence-electron chi connectivity index (χ3n) is 6.24. The molecule has 3 heteroatoms. The molecule has 2 aliphatic rings. The fourth-order valence-electron chi connectivity index (χ4n) is 4.83. The fourth-order valence-corrected chi connectivity index (χ4v) is 5.95. The number of nitrogens with zero attached hydrogens (tertiary/aromatic N) is 1. The van der Waals surface area contributed by atoms with Gasteiger partial charge in [0, 0.05) is 23.5 Å². The molecular weight excluding hydrogens is 398 g/mol. The Kier molecular flexibility index (Phi) is 7.81. The van der Waals surface area contributed by atoms with E-state index in [-0.39, 0.29) is 0 Å². The Balaban J connectivity index is 1.60. The number of rotatable bonds is 7. The van der Waals surface area contributed by atoms with E-state index in [4.69, 9.17) is 0 Å². The monoisotopic (exact) mass is 433 g/mol. The molecule has 1 atom stereocenters. The summed E-state index contributed by atoms with van der Waals surface area (Å²) in [6, 6.07) is 6.79. The molecule has 0 bridgehead atoms. The number of alkyl halides is 1. The normalized spacial score (nSPS) is 19.2. The first kappa shape index (κ1) is 20.9. The van der Waals surface area contributed by atoms with Crippen molar-refractivity contribution >= 4 is 27.5 Å². The third-order valence-corrected chi connectivity index (χ3v) is 6.94. The highest BCUT2D eigenvalue weighted by Crippen LogP contribution is 2.32. The quantitative estimate of drug-likeness (QED) is 0.439. The van der Waals surface area contributed by atoms with E-state index < -0.39 is 0 Å². The van der Waals surface area contributed by atoms with Gasteiger partial charge in [-0.15, -0.1) is 0 Å². The number of carbonyl (C=O) groups is 1. The second-order valence-corrected chi connectivity index (χ2v) is 10.4. The van der Waals surface area contributed by atoms with Crippen LogP contribution in [-0.2, 0) is 17.6 Å². The van der Waals surface area contributed by atoms with E-state index >= 15 is 0 Å². The lowest BCUT2D eigenvalue weighted by Gasteiger charge is -2.31. The summed E-state index contributed by atoms with van der Waals surface area (Å²) in [5.41, 5.74) is 3.94. The SMILES string of the molecule is CC(C)CC(Br)Cc1ccc2c(c1)CCCN2C(=O)CCC1CCCCC1. The summed E-state index contributed by atoms with van der Waals surface area (Å²) in [4.78, 5) is 15.5. The van der Waals surface area contributed by atoms with Crippen LogP contribution < -0.4 is 4.90 Å². The molecule has 0 spiro atoms. The fraction of sp³-hybridized carbons (Fsp3) is 0.708. The van der Waals surface area contributed by atoms with Crippen LogP contribution in [0, 0.1) is 11.8 Å². The molecule has 1 aromatic carbocycles. The lowest BCUT2D eigenvalue weighted by atomic mass is 9.86. The van der Waals surface area contributed by atoms with E-state index in [0.29, 0.717) is 16.7 Å². The average Bonchev–Trinajstić information content (AvgIpc) is 2.65. The first-order valence-corrected chi connectivity index (χ1v) is 12.0. The second kappa shape index (κ2) is 10.1. The first-order chi connectivity index (χ1) is 13.0. The molecule has 0 radical (unpaired) electrons. The van der Waals surface area contributed by atoms with Crippen LogP contribution in [0.2, 0.25) is 0 Å². The molecule has 0 saturated heterocycles. The molecule has 0 aromatic heterocycles. The lowest BCUT2D eigenvalue weighted by Crippen LogP contribution is -2.35. The zero-order valence-corrected chi connectivity index (χ0v) is 18.8. The molecule has 0 N–H and O–H groups in total. The van der Waals surface area contributed by atoms with Gasteiger partial charge in [-0.05, 0) is 61.1 Å². The number of halogens is 1. The summed E-state index contributed by atoms with van der Waals surface area (Å²) in [6.45, 7) is 5.44. The van der Waals surface area contributed by atoms with Gasteiger partial charge in [0.05, 0.1) is 0 Å². The van der Waals surface area contributed by atoms with Gasteiger partial charge in [0.25, 0.3) is 0 Å². The molecular formula is C24H36BrNO. The summed E-state index contributed by atoms with van der Waals surface area (Å²) in [5.74, 6) is 1.84. The van der Waals surface area contributed by atoms with Crippen molar-refractivity contribution in [2.24, 2.45) is 11.8 Å². The van der Waals surface area contributed by atoms with E-state index in [0.717, 1.165) is 44.6 Å². The van der Waals surface area contributed by atoms with Crippen molar-refractivity contribution in [1.29, 1.82) is 0 Å². The first-order valence-electron chi connectivity index (χ1n) is 11.1. The highest BCUT2D eigenvalue weighted by molar-refractivity contribution is 9.09. The van der Waals surface area contributed by atoms with Gasteiger partial charge in [0.1, 0.15) is 0 Å². The maximum Gasteiger partial charge on any atom is 0.226 e. The zero-order valence-electron chi connectivity index (χ0n) is 17.2. The molecule has 1 heterocycles. The second-order valence-electron chi connectivity index (χ2n) is 9.09. The van der Waals surface area contributed by atoms with Gasteiger partial charge in [0.15, 0.2) is 0 Å². The molecule has 1 aliphatic carbocycles. The van der Waals surface area contributed by atoms with Crippen LogP contribution in [0.1, 0.15) is 82.8 Å². The van der Waals surface area contributed by atoms with Gasteiger partial charge in [-0.25, -0.2) is 0 Å². The van der Waals surface area contributed by atoms with Crippen LogP contribution in [0.5, 0.6) is 0 Å². The highest BCUT2D eigenvalue weighted by atomic mass is 79.9. The smallest absolute Gasteiger partial charge is 0.226 e. The van der Waals surface area contributed by atoms with Gasteiger partial charge in [-0.1, -0.05) is 74.0 Å². The third kappa shape index (κ3) is 6.07. The number of hydrogen-bond donors (Lipinski definition) is 0. The van der Waals surface area contributed by atoms with Crippen molar-refractivity contribution in [2.75, 3.05) is 11.4 Å². The minimum atomic E-state index is 0.340. The van der Waals surface area contributed by atoms with Crippen molar-refractivity contribution in [2.45, 2.75) is 89.3 Å². The minimum Gasteiger partial charge on any atom is -0.312 e. The number of fused-ring (bicyclic) bond motifs is 1. The van der Waals surface area contributed by atoms with Crippen LogP contribution in [0.4, 0.5) is 5.69 Å². The molecule has 1 amide bonds. The van der Waals surface area contributed by atoms with Gasteiger partial charge in [-0.3, -0.25) is 4.79 Å². The average molecular weight is 434 g/mol. The van der Waals surface area contributed by atoms with Gasteiger partial charge in [-0.2, -0.15) is 0 Å². The van der Waals surface area contributed by atoms with E-state index in [1.807, 2.05) is 0 Å². The molecule has 1 aliphatic heterocycles. The minimum absolute atomic E-state index is 0.340.